The minimum atomic E-state index is -4.62. The molecule has 2 rings (SSSR count). The van der Waals surface area contributed by atoms with Crippen LogP contribution < -0.4 is 10.6 Å². The maximum Gasteiger partial charge on any atom is 0.433 e. The van der Waals surface area contributed by atoms with E-state index in [4.69, 9.17) is 11.6 Å². The third kappa shape index (κ3) is 4.70. The van der Waals surface area contributed by atoms with Gasteiger partial charge in [0.2, 0.25) is 5.95 Å². The van der Waals surface area contributed by atoms with E-state index < -0.39 is 17.7 Å². The first kappa shape index (κ1) is 18.3. The average Bonchev–Trinajstić information content (AvgIpc) is 2.49. The number of hydrogen-bond donors (Lipinski definition) is 2. The molecule has 2 N–H and O–H groups in total. The highest BCUT2D eigenvalue weighted by atomic mass is 35.5. The van der Waals surface area contributed by atoms with Crippen LogP contribution in [0, 0.1) is 5.82 Å². The smallest absolute Gasteiger partial charge is 0.352 e. The number of alkyl halides is 3. The van der Waals surface area contributed by atoms with E-state index in [1.165, 1.54) is 12.1 Å². The van der Waals surface area contributed by atoms with Crippen molar-refractivity contribution in [3.63, 3.8) is 0 Å². The van der Waals surface area contributed by atoms with Crippen LogP contribution in [-0.2, 0) is 6.18 Å². The molecule has 130 valence electrons. The molecule has 0 aliphatic heterocycles. The lowest BCUT2D eigenvalue weighted by atomic mass is 10.3. The standard InChI is InChI=1S/C15H15ClF4N4/c1-3-8(2)21-14-23-12(15(18,19)20)7-13(24-14)22-9-4-5-11(17)10(16)6-9/h4-8H,3H2,1-2H3,(H2,21,22,23,24)/t8-/m0/s1. The fourth-order valence-corrected chi connectivity index (χ4v) is 1.95. The summed E-state index contributed by atoms with van der Waals surface area (Å²) < 4.78 is 52.2. The molecule has 1 atom stereocenters. The second-order valence-corrected chi connectivity index (χ2v) is 5.57. The van der Waals surface area contributed by atoms with Crippen molar-refractivity contribution in [1.29, 1.82) is 0 Å². The van der Waals surface area contributed by atoms with Gasteiger partial charge in [-0.2, -0.15) is 18.2 Å². The predicted molar refractivity (Wildman–Crippen MR) is 85.1 cm³/mol. The Labute approximate surface area is 141 Å². The highest BCUT2D eigenvalue weighted by Crippen LogP contribution is 2.31. The molecule has 1 aromatic heterocycles. The lowest BCUT2D eigenvalue weighted by molar-refractivity contribution is -0.141. The fraction of sp³-hybridized carbons (Fsp3) is 0.333. The summed E-state index contributed by atoms with van der Waals surface area (Å²) in [7, 11) is 0. The van der Waals surface area contributed by atoms with E-state index in [0.29, 0.717) is 12.1 Å². The topological polar surface area (TPSA) is 49.8 Å². The lowest BCUT2D eigenvalue weighted by Gasteiger charge is -2.15. The van der Waals surface area contributed by atoms with Crippen LogP contribution in [0.15, 0.2) is 24.3 Å². The number of benzene rings is 1. The van der Waals surface area contributed by atoms with Gasteiger partial charge in [-0.05, 0) is 31.5 Å². The molecule has 1 heterocycles. The van der Waals surface area contributed by atoms with Gasteiger partial charge in [0, 0.05) is 17.8 Å². The van der Waals surface area contributed by atoms with Gasteiger partial charge < -0.3 is 10.6 Å². The van der Waals surface area contributed by atoms with Gasteiger partial charge in [0.05, 0.1) is 5.02 Å². The molecule has 0 radical (unpaired) electrons. The van der Waals surface area contributed by atoms with E-state index in [1.807, 2.05) is 6.92 Å². The Bertz CT molecular complexity index is 721. The maximum atomic E-state index is 13.2. The largest absolute Gasteiger partial charge is 0.433 e. The van der Waals surface area contributed by atoms with Gasteiger partial charge in [-0.15, -0.1) is 0 Å². The van der Waals surface area contributed by atoms with Crippen molar-refractivity contribution in [3.8, 4) is 0 Å². The molecule has 4 nitrogen and oxygen atoms in total. The number of rotatable bonds is 5. The molecular formula is C15H15ClF4N4. The third-order valence-corrected chi connectivity index (χ3v) is 3.49. The van der Waals surface area contributed by atoms with Gasteiger partial charge in [-0.3, -0.25) is 0 Å². The number of nitrogens with zero attached hydrogens (tertiary/aromatic N) is 2. The second kappa shape index (κ2) is 7.21. The van der Waals surface area contributed by atoms with Crippen LogP contribution in [-0.4, -0.2) is 16.0 Å². The van der Waals surface area contributed by atoms with Crippen LogP contribution in [0.4, 0.5) is 35.0 Å². The summed E-state index contributed by atoms with van der Waals surface area (Å²) in [6.45, 7) is 3.68. The van der Waals surface area contributed by atoms with Crippen LogP contribution in [0.2, 0.25) is 5.02 Å². The number of anilines is 3. The third-order valence-electron chi connectivity index (χ3n) is 3.20. The van der Waals surface area contributed by atoms with Crippen molar-refractivity contribution in [3.05, 3.63) is 40.8 Å². The zero-order valence-corrected chi connectivity index (χ0v) is 13.6. The van der Waals surface area contributed by atoms with Crippen LogP contribution in [0.1, 0.15) is 26.0 Å². The highest BCUT2D eigenvalue weighted by molar-refractivity contribution is 6.31. The van der Waals surface area contributed by atoms with Gasteiger partial charge in [0.15, 0.2) is 5.69 Å². The average molecular weight is 363 g/mol. The van der Waals surface area contributed by atoms with E-state index in [-0.39, 0.29) is 22.8 Å². The molecular weight excluding hydrogens is 348 g/mol. The Morgan fingerprint density at radius 1 is 1.21 bits per heavy atom. The van der Waals surface area contributed by atoms with E-state index >= 15 is 0 Å². The zero-order chi connectivity index (χ0) is 17.9. The number of nitrogens with one attached hydrogen (secondary N) is 2. The maximum absolute atomic E-state index is 13.2. The summed E-state index contributed by atoms with van der Waals surface area (Å²) in [6, 6.07) is 4.39. The van der Waals surface area contributed by atoms with Crippen molar-refractivity contribution in [1.82, 2.24) is 9.97 Å². The van der Waals surface area contributed by atoms with Crippen molar-refractivity contribution in [2.75, 3.05) is 10.6 Å². The summed E-state index contributed by atoms with van der Waals surface area (Å²) in [5.74, 6) is -0.847. The van der Waals surface area contributed by atoms with Gasteiger partial charge in [0.25, 0.3) is 0 Å². The fourth-order valence-electron chi connectivity index (χ4n) is 1.77. The van der Waals surface area contributed by atoms with E-state index in [1.54, 1.807) is 6.92 Å². The van der Waals surface area contributed by atoms with Crippen molar-refractivity contribution in [2.24, 2.45) is 0 Å². The van der Waals surface area contributed by atoms with Crippen LogP contribution in [0.3, 0.4) is 0 Å². The summed E-state index contributed by atoms with van der Waals surface area (Å²) in [5, 5.41) is 5.33. The Morgan fingerprint density at radius 2 is 1.92 bits per heavy atom. The first-order valence-electron chi connectivity index (χ1n) is 7.14. The Hall–Kier alpha value is -2.09. The molecule has 24 heavy (non-hydrogen) atoms. The molecule has 2 aromatic rings. The number of aromatic nitrogens is 2. The van der Waals surface area contributed by atoms with E-state index in [9.17, 15) is 17.6 Å². The molecule has 0 fully saturated rings. The SMILES string of the molecule is CC[C@H](C)Nc1nc(Nc2ccc(F)c(Cl)c2)cc(C(F)(F)F)n1. The Balaban J connectivity index is 2.36. The zero-order valence-electron chi connectivity index (χ0n) is 12.9. The monoisotopic (exact) mass is 362 g/mol. The molecule has 0 amide bonds. The molecule has 0 aliphatic carbocycles. The highest BCUT2D eigenvalue weighted by Gasteiger charge is 2.34. The van der Waals surface area contributed by atoms with Gasteiger partial charge in [-0.25, -0.2) is 9.37 Å². The van der Waals surface area contributed by atoms with Gasteiger partial charge in [-0.1, -0.05) is 18.5 Å². The number of hydrogen-bond acceptors (Lipinski definition) is 4. The number of halogens is 5. The second-order valence-electron chi connectivity index (χ2n) is 5.17. The summed E-state index contributed by atoms with van der Waals surface area (Å²) in [5.41, 5.74) is -0.776. The first-order chi connectivity index (χ1) is 11.2. The molecule has 9 heteroatoms. The van der Waals surface area contributed by atoms with E-state index in [2.05, 4.69) is 20.6 Å². The van der Waals surface area contributed by atoms with E-state index in [0.717, 1.165) is 12.1 Å². The minimum Gasteiger partial charge on any atom is -0.352 e. The molecule has 0 aliphatic rings. The minimum absolute atomic E-state index is 0.0780. The molecule has 0 spiro atoms. The molecule has 1 aromatic carbocycles. The molecule has 0 unspecified atom stereocenters. The Morgan fingerprint density at radius 3 is 2.50 bits per heavy atom. The summed E-state index contributed by atoms with van der Waals surface area (Å²) in [4.78, 5) is 7.50. The Kier molecular flexibility index (Phi) is 5.48. The normalized spacial score (nSPS) is 12.8. The van der Waals surface area contributed by atoms with Crippen molar-refractivity contribution in [2.45, 2.75) is 32.5 Å². The molecule has 0 bridgehead atoms. The summed E-state index contributed by atoms with van der Waals surface area (Å²) >= 11 is 5.66. The van der Waals surface area contributed by atoms with Gasteiger partial charge in [0.1, 0.15) is 11.6 Å². The van der Waals surface area contributed by atoms with Crippen molar-refractivity contribution >= 4 is 29.1 Å². The van der Waals surface area contributed by atoms with Crippen LogP contribution in [0.5, 0.6) is 0 Å². The lowest BCUT2D eigenvalue weighted by Crippen LogP contribution is -2.18. The molecule has 0 saturated carbocycles. The van der Waals surface area contributed by atoms with Gasteiger partial charge >= 0.3 is 6.18 Å². The molecule has 0 saturated heterocycles. The predicted octanol–water partition coefficient (Wildman–Crippen LogP) is 5.24. The summed E-state index contributed by atoms with van der Waals surface area (Å²) in [6.07, 6.45) is -3.93. The first-order valence-corrected chi connectivity index (χ1v) is 7.51. The van der Waals surface area contributed by atoms with Crippen LogP contribution >= 0.6 is 11.6 Å². The van der Waals surface area contributed by atoms with Crippen LogP contribution in [0.25, 0.3) is 0 Å². The quantitative estimate of drug-likeness (QED) is 0.714. The van der Waals surface area contributed by atoms with Crippen molar-refractivity contribution < 1.29 is 17.6 Å².